The largest absolute Gasteiger partial charge is 0.487 e. The molecule has 17 heavy (non-hydrogen) atoms. The number of benzene rings is 1. The van der Waals surface area contributed by atoms with Gasteiger partial charge in [-0.1, -0.05) is 15.9 Å². The summed E-state index contributed by atoms with van der Waals surface area (Å²) in [4.78, 5) is 0. The van der Waals surface area contributed by atoms with Crippen molar-refractivity contribution in [2.75, 3.05) is 0 Å². The Morgan fingerprint density at radius 2 is 1.94 bits per heavy atom. The Balaban J connectivity index is 1.95. The quantitative estimate of drug-likeness (QED) is 0.857. The van der Waals surface area contributed by atoms with Gasteiger partial charge in [0.25, 0.3) is 0 Å². The van der Waals surface area contributed by atoms with Gasteiger partial charge < -0.3 is 4.74 Å². The molecule has 1 aromatic heterocycles. The van der Waals surface area contributed by atoms with Crippen LogP contribution in [0.2, 0.25) is 0 Å². The van der Waals surface area contributed by atoms with Gasteiger partial charge in [-0.3, -0.25) is 4.68 Å². The third kappa shape index (κ3) is 3.33. The van der Waals surface area contributed by atoms with Crippen molar-refractivity contribution < 1.29 is 4.74 Å². The second-order valence-corrected chi connectivity index (χ2v) is 5.04. The average Bonchev–Trinajstić information content (AvgIpc) is 2.77. The zero-order valence-corrected chi connectivity index (χ0v) is 11.5. The number of halogens is 1. The van der Waals surface area contributed by atoms with Crippen LogP contribution in [0, 0.1) is 0 Å². The van der Waals surface area contributed by atoms with E-state index in [9.17, 15) is 0 Å². The number of hydrogen-bond donors (Lipinski definition) is 0. The van der Waals surface area contributed by atoms with Crippen molar-refractivity contribution in [2.45, 2.75) is 26.5 Å². The molecule has 3 nitrogen and oxygen atoms in total. The first-order valence-corrected chi connectivity index (χ1v) is 6.37. The minimum atomic E-state index is 0.386. The molecule has 4 heteroatoms. The number of ether oxygens (including phenoxy) is 1. The Bertz CT molecular complexity index is 476. The predicted octanol–water partition coefficient (Wildman–Crippen LogP) is 3.81. The number of aromatic nitrogens is 2. The first-order valence-electron chi connectivity index (χ1n) is 5.57. The Morgan fingerprint density at radius 1 is 1.24 bits per heavy atom. The minimum Gasteiger partial charge on any atom is -0.487 e. The zero-order valence-electron chi connectivity index (χ0n) is 9.93. The maximum absolute atomic E-state index is 5.64. The van der Waals surface area contributed by atoms with Gasteiger partial charge in [0.05, 0.1) is 5.69 Å². The highest BCUT2D eigenvalue weighted by Gasteiger charge is 2.02. The van der Waals surface area contributed by atoms with Crippen LogP contribution in [0.25, 0.3) is 0 Å². The first-order chi connectivity index (χ1) is 8.15. The molecule has 2 aromatic rings. The molecule has 0 N–H and O–H groups in total. The van der Waals surface area contributed by atoms with Crippen LogP contribution >= 0.6 is 15.9 Å². The van der Waals surface area contributed by atoms with Crippen molar-refractivity contribution in [3.8, 4) is 5.75 Å². The van der Waals surface area contributed by atoms with Crippen molar-refractivity contribution in [3.63, 3.8) is 0 Å². The molecule has 0 bridgehead atoms. The van der Waals surface area contributed by atoms with Crippen molar-refractivity contribution in [1.29, 1.82) is 0 Å². The van der Waals surface area contributed by atoms with Gasteiger partial charge in [0.2, 0.25) is 0 Å². The average molecular weight is 295 g/mol. The molecule has 90 valence electrons. The van der Waals surface area contributed by atoms with E-state index in [1.165, 1.54) is 0 Å². The van der Waals surface area contributed by atoms with Crippen LogP contribution in [0.3, 0.4) is 0 Å². The molecule has 0 amide bonds. The molecule has 0 unspecified atom stereocenters. The maximum atomic E-state index is 5.64. The van der Waals surface area contributed by atoms with E-state index in [0.717, 1.165) is 15.9 Å². The molecule has 0 aliphatic carbocycles. The highest BCUT2D eigenvalue weighted by atomic mass is 79.9. The van der Waals surface area contributed by atoms with Crippen LogP contribution in [0.4, 0.5) is 0 Å². The van der Waals surface area contributed by atoms with E-state index in [4.69, 9.17) is 4.74 Å². The van der Waals surface area contributed by atoms with E-state index in [1.807, 2.05) is 41.2 Å². The smallest absolute Gasteiger partial charge is 0.132 e. The molecular formula is C13H15BrN2O. The Hall–Kier alpha value is -1.29. The topological polar surface area (TPSA) is 27.1 Å². The van der Waals surface area contributed by atoms with E-state index < -0.39 is 0 Å². The molecule has 1 aromatic carbocycles. The van der Waals surface area contributed by atoms with Crippen LogP contribution < -0.4 is 4.74 Å². The van der Waals surface area contributed by atoms with Crippen molar-refractivity contribution in [2.24, 2.45) is 0 Å². The molecule has 0 aliphatic heterocycles. The van der Waals surface area contributed by atoms with Gasteiger partial charge in [-0.15, -0.1) is 0 Å². The van der Waals surface area contributed by atoms with Crippen LogP contribution in [-0.2, 0) is 6.61 Å². The zero-order chi connectivity index (χ0) is 12.3. The predicted molar refractivity (Wildman–Crippen MR) is 71.1 cm³/mol. The van der Waals surface area contributed by atoms with Crippen molar-refractivity contribution in [3.05, 3.63) is 46.7 Å². The Morgan fingerprint density at radius 3 is 2.53 bits per heavy atom. The number of rotatable bonds is 4. The lowest BCUT2D eigenvalue weighted by Crippen LogP contribution is -2.03. The molecule has 0 spiro atoms. The fraction of sp³-hybridized carbons (Fsp3) is 0.308. The number of hydrogen-bond acceptors (Lipinski definition) is 2. The van der Waals surface area contributed by atoms with Gasteiger partial charge in [-0.05, 0) is 44.2 Å². The minimum absolute atomic E-state index is 0.386. The molecule has 0 fully saturated rings. The molecule has 0 aliphatic rings. The molecule has 0 saturated carbocycles. The van der Waals surface area contributed by atoms with Crippen molar-refractivity contribution >= 4 is 15.9 Å². The lowest BCUT2D eigenvalue weighted by Gasteiger charge is -2.05. The molecule has 2 rings (SSSR count). The van der Waals surface area contributed by atoms with E-state index >= 15 is 0 Å². The summed E-state index contributed by atoms with van der Waals surface area (Å²) in [5.74, 6) is 0.854. The monoisotopic (exact) mass is 294 g/mol. The molecular weight excluding hydrogens is 280 g/mol. The van der Waals surface area contributed by atoms with Crippen LogP contribution in [0.5, 0.6) is 5.75 Å². The van der Waals surface area contributed by atoms with E-state index in [2.05, 4.69) is 34.9 Å². The van der Waals surface area contributed by atoms with Gasteiger partial charge in [0.1, 0.15) is 12.4 Å². The van der Waals surface area contributed by atoms with Gasteiger partial charge >= 0.3 is 0 Å². The van der Waals surface area contributed by atoms with E-state index in [1.54, 1.807) is 0 Å². The number of nitrogens with zero attached hydrogens (tertiary/aromatic N) is 2. The molecule has 0 saturated heterocycles. The first kappa shape index (κ1) is 12.2. The summed E-state index contributed by atoms with van der Waals surface area (Å²) in [5, 5.41) is 4.42. The maximum Gasteiger partial charge on any atom is 0.132 e. The highest BCUT2D eigenvalue weighted by molar-refractivity contribution is 9.10. The summed E-state index contributed by atoms with van der Waals surface area (Å²) in [5.41, 5.74) is 0.946. The summed E-state index contributed by atoms with van der Waals surface area (Å²) in [7, 11) is 0. The fourth-order valence-corrected chi connectivity index (χ4v) is 1.69. The standard InChI is InChI=1S/C13H15BrN2O/c1-10(2)16-8-7-12(15-16)9-17-13-5-3-11(14)4-6-13/h3-8,10H,9H2,1-2H3. The van der Waals surface area contributed by atoms with Gasteiger partial charge in [-0.25, -0.2) is 0 Å². The van der Waals surface area contributed by atoms with Gasteiger partial charge in [0.15, 0.2) is 0 Å². The molecule has 0 radical (unpaired) electrons. The summed E-state index contributed by atoms with van der Waals surface area (Å²) in [6, 6.07) is 10.2. The summed E-state index contributed by atoms with van der Waals surface area (Å²) >= 11 is 3.39. The lowest BCUT2D eigenvalue weighted by molar-refractivity contribution is 0.298. The van der Waals surface area contributed by atoms with Crippen LogP contribution in [-0.4, -0.2) is 9.78 Å². The fourth-order valence-electron chi connectivity index (χ4n) is 1.43. The van der Waals surface area contributed by atoms with E-state index in [0.29, 0.717) is 12.6 Å². The second kappa shape index (κ2) is 5.36. The third-order valence-corrected chi connectivity index (χ3v) is 2.92. The molecule has 0 atom stereocenters. The van der Waals surface area contributed by atoms with Crippen LogP contribution in [0.1, 0.15) is 25.6 Å². The Kier molecular flexibility index (Phi) is 3.84. The van der Waals surface area contributed by atoms with Crippen LogP contribution in [0.15, 0.2) is 41.0 Å². The normalized spacial score (nSPS) is 10.8. The van der Waals surface area contributed by atoms with Gasteiger partial charge in [0, 0.05) is 16.7 Å². The van der Waals surface area contributed by atoms with Crippen molar-refractivity contribution in [1.82, 2.24) is 9.78 Å². The Labute approximate surface area is 110 Å². The lowest BCUT2D eigenvalue weighted by atomic mass is 10.3. The van der Waals surface area contributed by atoms with E-state index in [-0.39, 0.29) is 0 Å². The highest BCUT2D eigenvalue weighted by Crippen LogP contribution is 2.17. The van der Waals surface area contributed by atoms with Gasteiger partial charge in [-0.2, -0.15) is 5.10 Å². The summed E-state index contributed by atoms with van der Waals surface area (Å²) in [6.45, 7) is 4.71. The summed E-state index contributed by atoms with van der Waals surface area (Å²) in [6.07, 6.45) is 1.98. The third-order valence-electron chi connectivity index (χ3n) is 2.39. The summed E-state index contributed by atoms with van der Waals surface area (Å²) < 4.78 is 8.62. The SMILES string of the molecule is CC(C)n1ccc(COc2ccc(Br)cc2)n1. The molecule has 1 heterocycles. The second-order valence-electron chi connectivity index (χ2n) is 4.12.